The molecule has 0 spiro atoms. The van der Waals surface area contributed by atoms with E-state index in [1.807, 2.05) is 38.2 Å². The molecule has 2 aromatic heterocycles. The highest BCUT2D eigenvalue weighted by Gasteiger charge is 2.24. The van der Waals surface area contributed by atoms with Crippen molar-refractivity contribution >= 4 is 23.0 Å². The van der Waals surface area contributed by atoms with Crippen molar-refractivity contribution < 1.29 is 11.6 Å². The van der Waals surface area contributed by atoms with Crippen molar-refractivity contribution in [3.63, 3.8) is 0 Å². The van der Waals surface area contributed by atoms with E-state index in [1.165, 1.54) is 16.7 Å². The lowest BCUT2D eigenvalue weighted by atomic mass is 9.97. The van der Waals surface area contributed by atoms with Crippen molar-refractivity contribution in [1.82, 2.24) is 9.97 Å². The van der Waals surface area contributed by atoms with Gasteiger partial charge in [-0.15, -0.1) is 0 Å². The second-order valence-electron chi connectivity index (χ2n) is 11.1. The highest BCUT2D eigenvalue weighted by molar-refractivity contribution is 5.75. The van der Waals surface area contributed by atoms with Gasteiger partial charge in [0.2, 0.25) is 0 Å². The predicted octanol–water partition coefficient (Wildman–Crippen LogP) is 9.03. The van der Waals surface area contributed by atoms with E-state index in [1.54, 1.807) is 6.20 Å². The molecule has 42 heavy (non-hydrogen) atoms. The summed E-state index contributed by atoms with van der Waals surface area (Å²) in [6, 6.07) is 15.1. The van der Waals surface area contributed by atoms with Crippen LogP contribution < -0.4 is 14.5 Å². The molecule has 0 amide bonds. The van der Waals surface area contributed by atoms with E-state index >= 15 is 0 Å². The number of benzene rings is 3. The smallest absolute Gasteiger partial charge is 0.136 e. The third-order valence-corrected chi connectivity index (χ3v) is 8.41. The fraction of sp³-hybridized carbons (Fsp3) is 0.243. The van der Waals surface area contributed by atoms with Gasteiger partial charge in [-0.25, -0.2) is 9.97 Å². The van der Waals surface area contributed by atoms with Crippen LogP contribution >= 0.6 is 0 Å². The van der Waals surface area contributed by atoms with Gasteiger partial charge in [0.05, 0.1) is 6.85 Å². The molecule has 4 heterocycles. The molecule has 2 aliphatic rings. The first-order valence-corrected chi connectivity index (χ1v) is 14.6. The van der Waals surface area contributed by atoms with Crippen LogP contribution in [-0.4, -0.2) is 23.1 Å². The van der Waals surface area contributed by atoms with Gasteiger partial charge in [0.15, 0.2) is 0 Å². The van der Waals surface area contributed by atoms with Crippen molar-refractivity contribution in [3.05, 3.63) is 119 Å². The molecular weight excluding hydrogens is 516 g/mol. The van der Waals surface area contributed by atoms with Crippen molar-refractivity contribution in [2.24, 2.45) is 0 Å². The number of aromatic nitrogens is 2. The van der Waals surface area contributed by atoms with Crippen LogP contribution in [0.5, 0.6) is 11.5 Å². The summed E-state index contributed by atoms with van der Waals surface area (Å²) < 4.78 is 47.7. The predicted molar refractivity (Wildman–Crippen MR) is 172 cm³/mol. The van der Waals surface area contributed by atoms with Gasteiger partial charge < -0.3 is 14.5 Å². The molecule has 0 unspecified atom stereocenters. The van der Waals surface area contributed by atoms with E-state index < -0.39 is 6.04 Å². The molecule has 5 heteroatoms. The summed E-state index contributed by atoms with van der Waals surface area (Å²) in [6.45, 7) is 7.67. The summed E-state index contributed by atoms with van der Waals surface area (Å²) in [7, 11) is 0. The zero-order chi connectivity index (χ0) is 33.0. The Morgan fingerprint density at radius 1 is 0.738 bits per heavy atom. The standard InChI is InChI=1S/C37H36N4O/c1-25-17-18-38-36(21-25)40-19-7-11-29-13-15-31(22-34(29)40)42-32-16-14-30-12-8-20-41(35(30)23-32)37-27(3)26(2)33(24-39-37)28-9-5-4-6-10-28/h4-6,9-10,13-18,21-24H,7-8,11-12,19-20H2,1-3H3/i4D,5D,6D,9D,10D. The van der Waals surface area contributed by atoms with Crippen LogP contribution in [0.15, 0.2) is 91.1 Å². The van der Waals surface area contributed by atoms with Gasteiger partial charge >= 0.3 is 0 Å². The van der Waals surface area contributed by atoms with E-state index in [-0.39, 0.29) is 29.7 Å². The van der Waals surface area contributed by atoms with Crippen molar-refractivity contribution in [3.8, 4) is 22.6 Å². The molecule has 0 bridgehead atoms. The average Bonchev–Trinajstić information content (AvgIpc) is 3.08. The van der Waals surface area contributed by atoms with Gasteiger partial charge in [-0.2, -0.15) is 0 Å². The SMILES string of the molecule is [2H]c1c([2H])c([2H])c(-c2cnc(N3CCCc4ccc(Oc5ccc6c(c5)N(c5cc(C)ccn5)CCC6)cc43)c(C)c2C)c([2H])c1[2H]. The maximum absolute atomic E-state index is 8.49. The largest absolute Gasteiger partial charge is 0.457 e. The number of aryl methyl sites for hydroxylation is 3. The Bertz CT molecular complexity index is 2020. The third kappa shape index (κ3) is 4.89. The zero-order valence-electron chi connectivity index (χ0n) is 29.2. The maximum atomic E-state index is 8.49. The molecular formula is C37H36N4O. The molecule has 0 atom stereocenters. The average molecular weight is 558 g/mol. The van der Waals surface area contributed by atoms with E-state index in [9.17, 15) is 0 Å². The number of ether oxygens (including phenoxy) is 1. The molecule has 0 saturated heterocycles. The van der Waals surface area contributed by atoms with Gasteiger partial charge in [0.1, 0.15) is 23.1 Å². The molecule has 2 aliphatic heterocycles. The highest BCUT2D eigenvalue weighted by atomic mass is 16.5. The number of nitrogens with zero attached hydrogens (tertiary/aromatic N) is 4. The summed E-state index contributed by atoms with van der Waals surface area (Å²) >= 11 is 0. The van der Waals surface area contributed by atoms with E-state index in [0.29, 0.717) is 5.56 Å². The van der Waals surface area contributed by atoms with Gasteiger partial charge in [0.25, 0.3) is 0 Å². The molecule has 210 valence electrons. The lowest BCUT2D eigenvalue weighted by Gasteiger charge is -2.32. The summed E-state index contributed by atoms with van der Waals surface area (Å²) in [5.41, 5.74) is 8.27. The Balaban J connectivity index is 1.22. The van der Waals surface area contributed by atoms with Crippen molar-refractivity contribution in [1.29, 1.82) is 0 Å². The Kier molecular flexibility index (Phi) is 5.52. The van der Waals surface area contributed by atoms with Crippen LogP contribution in [0.3, 0.4) is 0 Å². The minimum atomic E-state index is -0.401. The molecule has 7 rings (SSSR count). The Morgan fingerprint density at radius 2 is 1.40 bits per heavy atom. The molecule has 0 N–H and O–H groups in total. The number of hydrogen-bond acceptors (Lipinski definition) is 5. The third-order valence-electron chi connectivity index (χ3n) is 8.41. The Hall–Kier alpha value is -4.64. The van der Waals surface area contributed by atoms with Gasteiger partial charge in [-0.3, -0.25) is 0 Å². The molecule has 5 aromatic rings. The molecule has 0 fully saturated rings. The molecule has 0 radical (unpaired) electrons. The fourth-order valence-electron chi connectivity index (χ4n) is 6.10. The van der Waals surface area contributed by atoms with E-state index in [2.05, 4.69) is 52.0 Å². The molecule has 0 aliphatic carbocycles. The minimum absolute atomic E-state index is 0.173. The molecule has 3 aromatic carbocycles. The summed E-state index contributed by atoms with van der Waals surface area (Å²) in [4.78, 5) is 14.0. The van der Waals surface area contributed by atoms with Crippen LogP contribution in [0.25, 0.3) is 11.1 Å². The lowest BCUT2D eigenvalue weighted by molar-refractivity contribution is 0.481. The summed E-state index contributed by atoms with van der Waals surface area (Å²) in [5, 5.41) is 0. The maximum Gasteiger partial charge on any atom is 0.136 e. The lowest BCUT2D eigenvalue weighted by Crippen LogP contribution is -2.26. The second-order valence-corrected chi connectivity index (χ2v) is 11.1. The first-order valence-electron chi connectivity index (χ1n) is 17.1. The van der Waals surface area contributed by atoms with E-state index in [4.69, 9.17) is 16.6 Å². The van der Waals surface area contributed by atoms with Crippen LogP contribution in [0.1, 0.15) is 47.5 Å². The van der Waals surface area contributed by atoms with Gasteiger partial charge in [0, 0.05) is 54.6 Å². The van der Waals surface area contributed by atoms with Crippen LogP contribution in [0.2, 0.25) is 0 Å². The summed E-state index contributed by atoms with van der Waals surface area (Å²) in [5.74, 6) is 3.23. The van der Waals surface area contributed by atoms with Crippen LogP contribution in [0.4, 0.5) is 23.0 Å². The second kappa shape index (κ2) is 11.0. The monoisotopic (exact) mass is 557 g/mol. The fourth-order valence-corrected chi connectivity index (χ4v) is 6.10. The number of pyridine rings is 2. The number of anilines is 4. The summed E-state index contributed by atoms with van der Waals surface area (Å²) in [6.07, 6.45) is 7.50. The minimum Gasteiger partial charge on any atom is -0.457 e. The van der Waals surface area contributed by atoms with Gasteiger partial charge in [-0.05, 0) is 104 Å². The molecule has 5 nitrogen and oxygen atoms in total. The number of hydrogen-bond donors (Lipinski definition) is 0. The van der Waals surface area contributed by atoms with Gasteiger partial charge in [-0.1, -0.05) is 42.3 Å². The van der Waals surface area contributed by atoms with Crippen LogP contribution in [-0.2, 0) is 12.8 Å². The highest BCUT2D eigenvalue weighted by Crippen LogP contribution is 2.41. The number of fused-ring (bicyclic) bond motifs is 2. The zero-order valence-corrected chi connectivity index (χ0v) is 24.2. The first-order chi connectivity index (χ1) is 22.6. The first kappa shape index (κ1) is 21.1. The Labute approximate surface area is 255 Å². The number of rotatable bonds is 5. The van der Waals surface area contributed by atoms with Crippen LogP contribution in [0, 0.1) is 20.8 Å². The quantitative estimate of drug-likeness (QED) is 0.216. The Morgan fingerprint density at radius 3 is 2.10 bits per heavy atom. The molecule has 0 saturated carbocycles. The topological polar surface area (TPSA) is 41.5 Å². The normalized spacial score (nSPS) is 16.0. The van der Waals surface area contributed by atoms with Crippen molar-refractivity contribution in [2.75, 3.05) is 22.9 Å². The van der Waals surface area contributed by atoms with Crippen molar-refractivity contribution in [2.45, 2.75) is 46.5 Å². The van der Waals surface area contributed by atoms with E-state index in [0.717, 1.165) is 84.4 Å².